The smallest absolute Gasteiger partial charge is 0.287 e. The molecule has 2 aromatic heterocycles. The fraction of sp³-hybridized carbons (Fsp3) is 0.333. The summed E-state index contributed by atoms with van der Waals surface area (Å²) in [5, 5.41) is 10.3. The summed E-state index contributed by atoms with van der Waals surface area (Å²) in [5.41, 5.74) is 2.75. The molecule has 140 valence electrons. The SMILES string of the molecule is CCN1CCC(NC(=O)c2ccc(-c3cn[nH]c3-c3ccccc3)o2)CC1. The highest BCUT2D eigenvalue weighted by Crippen LogP contribution is 2.31. The molecular weight excluding hydrogens is 340 g/mol. The molecule has 1 amide bonds. The quantitative estimate of drug-likeness (QED) is 0.726. The molecule has 0 atom stereocenters. The highest BCUT2D eigenvalue weighted by atomic mass is 16.4. The molecule has 0 radical (unpaired) electrons. The minimum Gasteiger partial charge on any atom is -0.451 e. The molecule has 0 aliphatic carbocycles. The number of carbonyl (C=O) groups excluding carboxylic acids is 1. The molecule has 1 fully saturated rings. The van der Waals surface area contributed by atoms with E-state index in [9.17, 15) is 4.79 Å². The zero-order chi connectivity index (χ0) is 18.6. The van der Waals surface area contributed by atoms with Gasteiger partial charge in [-0.3, -0.25) is 9.89 Å². The Labute approximate surface area is 158 Å². The molecule has 0 unspecified atom stereocenters. The standard InChI is InChI=1S/C21H24N4O2/c1-2-25-12-10-16(11-13-25)23-21(26)19-9-8-18(27-19)17-14-22-24-20(17)15-6-4-3-5-7-15/h3-9,14,16H,2,10-13H2,1H3,(H,22,24)(H,23,26). The Morgan fingerprint density at radius 3 is 2.74 bits per heavy atom. The van der Waals surface area contributed by atoms with E-state index in [4.69, 9.17) is 4.42 Å². The maximum atomic E-state index is 12.6. The van der Waals surface area contributed by atoms with Gasteiger partial charge in [0.1, 0.15) is 5.76 Å². The molecule has 0 bridgehead atoms. The second-order valence-corrected chi connectivity index (χ2v) is 6.87. The van der Waals surface area contributed by atoms with Crippen molar-refractivity contribution in [1.82, 2.24) is 20.4 Å². The Morgan fingerprint density at radius 1 is 1.22 bits per heavy atom. The minimum atomic E-state index is -0.152. The van der Waals surface area contributed by atoms with E-state index in [0.29, 0.717) is 11.5 Å². The lowest BCUT2D eigenvalue weighted by Gasteiger charge is -2.31. The van der Waals surface area contributed by atoms with Crippen molar-refractivity contribution in [3.8, 4) is 22.6 Å². The zero-order valence-corrected chi connectivity index (χ0v) is 15.4. The van der Waals surface area contributed by atoms with Crippen molar-refractivity contribution in [1.29, 1.82) is 0 Å². The largest absolute Gasteiger partial charge is 0.451 e. The molecule has 1 saturated heterocycles. The topological polar surface area (TPSA) is 74.2 Å². The average Bonchev–Trinajstić information content (AvgIpc) is 3.38. The highest BCUT2D eigenvalue weighted by molar-refractivity contribution is 5.92. The monoisotopic (exact) mass is 364 g/mol. The maximum absolute atomic E-state index is 12.6. The van der Waals surface area contributed by atoms with E-state index < -0.39 is 0 Å². The lowest BCUT2D eigenvalue weighted by atomic mass is 10.1. The predicted molar refractivity (Wildman–Crippen MR) is 104 cm³/mol. The molecule has 2 N–H and O–H groups in total. The van der Waals surface area contributed by atoms with E-state index in [1.807, 2.05) is 36.4 Å². The van der Waals surface area contributed by atoms with Crippen molar-refractivity contribution in [3.63, 3.8) is 0 Å². The van der Waals surface area contributed by atoms with Crippen LogP contribution in [0.4, 0.5) is 0 Å². The van der Waals surface area contributed by atoms with Crippen molar-refractivity contribution in [3.05, 3.63) is 54.4 Å². The van der Waals surface area contributed by atoms with Gasteiger partial charge in [0.2, 0.25) is 0 Å². The van der Waals surface area contributed by atoms with Crippen LogP contribution in [0.5, 0.6) is 0 Å². The van der Waals surface area contributed by atoms with Gasteiger partial charge in [0, 0.05) is 24.7 Å². The maximum Gasteiger partial charge on any atom is 0.287 e. The van der Waals surface area contributed by atoms with Crippen LogP contribution < -0.4 is 5.32 Å². The molecule has 0 saturated carbocycles. The molecule has 3 aromatic rings. The first-order valence-corrected chi connectivity index (χ1v) is 9.47. The Hall–Kier alpha value is -2.86. The number of aromatic amines is 1. The lowest BCUT2D eigenvalue weighted by molar-refractivity contribution is 0.0885. The molecule has 0 spiro atoms. The van der Waals surface area contributed by atoms with Gasteiger partial charge in [-0.2, -0.15) is 5.10 Å². The molecule has 4 rings (SSSR count). The van der Waals surface area contributed by atoms with Gasteiger partial charge >= 0.3 is 0 Å². The number of benzene rings is 1. The molecular formula is C21H24N4O2. The number of piperidine rings is 1. The minimum absolute atomic E-state index is 0.152. The van der Waals surface area contributed by atoms with Crippen LogP contribution in [0.25, 0.3) is 22.6 Å². The number of aromatic nitrogens is 2. The van der Waals surface area contributed by atoms with Gasteiger partial charge in [0.15, 0.2) is 5.76 Å². The summed E-state index contributed by atoms with van der Waals surface area (Å²) in [6, 6.07) is 13.7. The molecule has 1 aliphatic heterocycles. The number of hydrogen-bond donors (Lipinski definition) is 2. The van der Waals surface area contributed by atoms with Crippen molar-refractivity contribution in [2.45, 2.75) is 25.8 Å². The van der Waals surface area contributed by atoms with Crippen LogP contribution in [0.2, 0.25) is 0 Å². The molecule has 27 heavy (non-hydrogen) atoms. The lowest BCUT2D eigenvalue weighted by Crippen LogP contribution is -2.44. The van der Waals surface area contributed by atoms with Crippen molar-refractivity contribution in [2.24, 2.45) is 0 Å². The number of hydrogen-bond acceptors (Lipinski definition) is 4. The number of furan rings is 1. The Bertz CT molecular complexity index is 892. The van der Waals surface area contributed by atoms with Gasteiger partial charge in [-0.05, 0) is 31.5 Å². The molecule has 6 nitrogen and oxygen atoms in total. The van der Waals surface area contributed by atoms with E-state index in [-0.39, 0.29) is 11.9 Å². The summed E-state index contributed by atoms with van der Waals surface area (Å²) >= 11 is 0. The summed E-state index contributed by atoms with van der Waals surface area (Å²) in [6.07, 6.45) is 3.68. The number of rotatable bonds is 5. The molecule has 6 heteroatoms. The van der Waals surface area contributed by atoms with Crippen molar-refractivity contribution < 1.29 is 9.21 Å². The number of carbonyl (C=O) groups is 1. The third-order valence-electron chi connectivity index (χ3n) is 5.17. The third-order valence-corrected chi connectivity index (χ3v) is 5.17. The summed E-state index contributed by atoms with van der Waals surface area (Å²) in [4.78, 5) is 15.0. The van der Waals surface area contributed by atoms with Gasteiger partial charge in [0.25, 0.3) is 5.91 Å². The van der Waals surface area contributed by atoms with Crippen LogP contribution in [0.1, 0.15) is 30.3 Å². The first-order chi connectivity index (χ1) is 13.2. The Balaban J connectivity index is 1.47. The van der Waals surface area contributed by atoms with Crippen LogP contribution in [0.15, 0.2) is 53.1 Å². The third kappa shape index (κ3) is 3.80. The number of amides is 1. The normalized spacial score (nSPS) is 15.7. The highest BCUT2D eigenvalue weighted by Gasteiger charge is 2.22. The first-order valence-electron chi connectivity index (χ1n) is 9.47. The summed E-state index contributed by atoms with van der Waals surface area (Å²) < 4.78 is 5.85. The van der Waals surface area contributed by atoms with Gasteiger partial charge in [-0.1, -0.05) is 37.3 Å². The second-order valence-electron chi connectivity index (χ2n) is 6.87. The van der Waals surface area contributed by atoms with Gasteiger partial charge in [-0.15, -0.1) is 0 Å². The second kappa shape index (κ2) is 7.80. The predicted octanol–water partition coefficient (Wildman–Crippen LogP) is 3.55. The van der Waals surface area contributed by atoms with Gasteiger partial charge < -0.3 is 14.6 Å². The summed E-state index contributed by atoms with van der Waals surface area (Å²) in [6.45, 7) is 5.29. The number of nitrogens with one attached hydrogen (secondary N) is 2. The van der Waals surface area contributed by atoms with E-state index >= 15 is 0 Å². The number of likely N-dealkylation sites (tertiary alicyclic amines) is 1. The Kier molecular flexibility index (Phi) is 5.07. The van der Waals surface area contributed by atoms with Crippen molar-refractivity contribution >= 4 is 5.91 Å². The van der Waals surface area contributed by atoms with E-state index in [1.54, 1.807) is 12.3 Å². The molecule has 1 aliphatic rings. The summed E-state index contributed by atoms with van der Waals surface area (Å²) in [7, 11) is 0. The van der Waals surface area contributed by atoms with Crippen LogP contribution in [0.3, 0.4) is 0 Å². The van der Waals surface area contributed by atoms with E-state index in [1.165, 1.54) is 0 Å². The molecule has 3 heterocycles. The van der Waals surface area contributed by atoms with Crippen LogP contribution in [-0.4, -0.2) is 46.7 Å². The van der Waals surface area contributed by atoms with Gasteiger partial charge in [-0.25, -0.2) is 0 Å². The van der Waals surface area contributed by atoms with Crippen LogP contribution in [-0.2, 0) is 0 Å². The fourth-order valence-corrected chi connectivity index (χ4v) is 3.55. The van der Waals surface area contributed by atoms with E-state index in [2.05, 4.69) is 27.3 Å². The van der Waals surface area contributed by atoms with Gasteiger partial charge in [0.05, 0.1) is 17.5 Å². The fourth-order valence-electron chi connectivity index (χ4n) is 3.55. The van der Waals surface area contributed by atoms with Crippen LogP contribution in [0, 0.1) is 0 Å². The zero-order valence-electron chi connectivity index (χ0n) is 15.4. The van der Waals surface area contributed by atoms with Crippen molar-refractivity contribution in [2.75, 3.05) is 19.6 Å². The molecule has 1 aromatic carbocycles. The van der Waals surface area contributed by atoms with E-state index in [0.717, 1.165) is 49.3 Å². The Morgan fingerprint density at radius 2 is 2.00 bits per heavy atom. The number of nitrogens with zero attached hydrogens (tertiary/aromatic N) is 2. The summed E-state index contributed by atoms with van der Waals surface area (Å²) in [5.74, 6) is 0.817. The van der Waals surface area contributed by atoms with Crippen LogP contribution >= 0.6 is 0 Å². The average molecular weight is 364 g/mol. The first kappa shape index (κ1) is 17.5. The number of H-pyrrole nitrogens is 1.